The summed E-state index contributed by atoms with van der Waals surface area (Å²) < 4.78 is 14.0. The van der Waals surface area contributed by atoms with Gasteiger partial charge in [-0.25, -0.2) is 4.39 Å². The topological polar surface area (TPSA) is 12.0 Å². The summed E-state index contributed by atoms with van der Waals surface area (Å²) in [5.74, 6) is 0.649. The Kier molecular flexibility index (Phi) is 2.71. The maximum atomic E-state index is 14.0. The number of halogens is 1. The first-order valence-electron chi connectivity index (χ1n) is 7.36. The van der Waals surface area contributed by atoms with Crippen molar-refractivity contribution in [3.05, 3.63) is 29.6 Å². The molecule has 3 rings (SSSR count). The Morgan fingerprint density at radius 3 is 2.63 bits per heavy atom. The van der Waals surface area contributed by atoms with Crippen LogP contribution in [0.25, 0.3) is 0 Å². The number of nitrogens with one attached hydrogen (secondary N) is 1. The predicted octanol–water partition coefficient (Wildman–Crippen LogP) is 4.76. The fourth-order valence-corrected chi connectivity index (χ4v) is 4.57. The molecule has 1 aromatic rings. The summed E-state index contributed by atoms with van der Waals surface area (Å²) in [6.45, 7) is 9.06. The third-order valence-electron chi connectivity index (χ3n) is 5.69. The van der Waals surface area contributed by atoms with Gasteiger partial charge in [0.1, 0.15) is 5.82 Å². The highest BCUT2D eigenvalue weighted by Gasteiger charge is 2.59. The van der Waals surface area contributed by atoms with E-state index in [1.807, 2.05) is 19.1 Å². The van der Waals surface area contributed by atoms with E-state index in [2.05, 4.69) is 26.1 Å². The van der Waals surface area contributed by atoms with Crippen LogP contribution in [0.2, 0.25) is 0 Å². The van der Waals surface area contributed by atoms with Crippen molar-refractivity contribution < 1.29 is 4.39 Å². The third-order valence-corrected chi connectivity index (χ3v) is 5.69. The summed E-state index contributed by atoms with van der Waals surface area (Å²) in [4.78, 5) is 0. The molecule has 3 atom stereocenters. The van der Waals surface area contributed by atoms with Gasteiger partial charge in [-0.1, -0.05) is 26.8 Å². The van der Waals surface area contributed by atoms with E-state index in [-0.39, 0.29) is 11.2 Å². The van der Waals surface area contributed by atoms with E-state index < -0.39 is 0 Å². The molecule has 1 N–H and O–H groups in total. The van der Waals surface area contributed by atoms with E-state index in [4.69, 9.17) is 0 Å². The zero-order valence-corrected chi connectivity index (χ0v) is 12.4. The third kappa shape index (κ3) is 1.87. The predicted molar refractivity (Wildman–Crippen MR) is 77.8 cm³/mol. The lowest BCUT2D eigenvalue weighted by atomic mass is 9.68. The molecular formula is C17H24FN. The van der Waals surface area contributed by atoms with Crippen LogP contribution in [0, 0.1) is 29.5 Å². The van der Waals surface area contributed by atoms with E-state index in [0.717, 1.165) is 11.5 Å². The minimum absolute atomic E-state index is 0.132. The molecule has 1 nitrogen and oxygen atoms in total. The molecule has 0 radical (unpaired) electrons. The Bertz CT molecular complexity index is 503. The number of fused-ring (bicyclic) bond motifs is 2. The molecule has 2 aliphatic rings. The molecular weight excluding hydrogens is 237 g/mol. The van der Waals surface area contributed by atoms with Crippen molar-refractivity contribution in [2.75, 3.05) is 5.32 Å². The summed E-state index contributed by atoms with van der Waals surface area (Å²) in [6, 6.07) is 5.70. The van der Waals surface area contributed by atoms with Gasteiger partial charge in [-0.2, -0.15) is 0 Å². The van der Waals surface area contributed by atoms with E-state index in [1.165, 1.54) is 19.3 Å². The molecule has 2 fully saturated rings. The highest BCUT2D eigenvalue weighted by molar-refractivity contribution is 5.49. The van der Waals surface area contributed by atoms with Crippen molar-refractivity contribution in [3.63, 3.8) is 0 Å². The highest BCUT2D eigenvalue weighted by atomic mass is 19.1. The standard InChI is InChI=1S/C17H24FN/c1-11-5-6-13(18)14(9-11)19-15-16(2,3)12-7-8-17(15,4)10-12/h5-6,9,12,15,19H,7-8,10H2,1-4H3/t12-,15?,17+/m0/s1. The zero-order valence-electron chi connectivity index (χ0n) is 12.4. The van der Waals surface area contributed by atoms with Crippen LogP contribution in [-0.4, -0.2) is 6.04 Å². The summed E-state index contributed by atoms with van der Waals surface area (Å²) in [6.07, 6.45) is 3.88. The first kappa shape index (κ1) is 13.0. The molecule has 2 aliphatic carbocycles. The minimum atomic E-state index is -0.132. The van der Waals surface area contributed by atoms with Crippen molar-refractivity contribution in [2.45, 2.75) is 53.0 Å². The summed E-state index contributed by atoms with van der Waals surface area (Å²) in [5, 5.41) is 3.54. The van der Waals surface area contributed by atoms with Crippen molar-refractivity contribution in [2.24, 2.45) is 16.7 Å². The number of anilines is 1. The van der Waals surface area contributed by atoms with Gasteiger partial charge in [0.25, 0.3) is 0 Å². The van der Waals surface area contributed by atoms with Crippen LogP contribution < -0.4 is 5.32 Å². The Morgan fingerprint density at radius 2 is 2.00 bits per heavy atom. The highest BCUT2D eigenvalue weighted by Crippen LogP contribution is 2.63. The van der Waals surface area contributed by atoms with Gasteiger partial charge in [-0.15, -0.1) is 0 Å². The SMILES string of the molecule is Cc1ccc(F)c(NC2C(C)(C)[C@H]3CC[C@]2(C)C3)c1. The summed E-state index contributed by atoms with van der Waals surface area (Å²) in [5.41, 5.74) is 2.36. The maximum Gasteiger partial charge on any atom is 0.146 e. The van der Waals surface area contributed by atoms with Gasteiger partial charge in [0.2, 0.25) is 0 Å². The molecule has 1 aromatic carbocycles. The van der Waals surface area contributed by atoms with Gasteiger partial charge < -0.3 is 5.32 Å². The second kappa shape index (κ2) is 3.97. The lowest BCUT2D eigenvalue weighted by Gasteiger charge is -2.43. The van der Waals surface area contributed by atoms with E-state index >= 15 is 0 Å². The van der Waals surface area contributed by atoms with Gasteiger partial charge in [0.15, 0.2) is 0 Å². The van der Waals surface area contributed by atoms with Crippen molar-refractivity contribution in [1.29, 1.82) is 0 Å². The molecule has 0 heterocycles. The lowest BCUT2D eigenvalue weighted by molar-refractivity contribution is 0.155. The van der Waals surface area contributed by atoms with Gasteiger partial charge >= 0.3 is 0 Å². The van der Waals surface area contributed by atoms with Crippen molar-refractivity contribution in [1.82, 2.24) is 0 Å². The molecule has 0 aromatic heterocycles. The fraction of sp³-hybridized carbons (Fsp3) is 0.647. The Morgan fingerprint density at radius 1 is 1.26 bits per heavy atom. The Labute approximate surface area is 115 Å². The first-order chi connectivity index (χ1) is 8.83. The molecule has 0 aliphatic heterocycles. The monoisotopic (exact) mass is 261 g/mol. The second-order valence-corrected chi connectivity index (χ2v) is 7.48. The Hall–Kier alpha value is -1.05. The number of hydrogen-bond acceptors (Lipinski definition) is 1. The molecule has 2 heteroatoms. The molecule has 19 heavy (non-hydrogen) atoms. The van der Waals surface area contributed by atoms with Gasteiger partial charge in [0, 0.05) is 6.04 Å². The van der Waals surface area contributed by atoms with Gasteiger partial charge in [0.05, 0.1) is 5.69 Å². The zero-order chi connectivity index (χ0) is 13.8. The first-order valence-corrected chi connectivity index (χ1v) is 7.36. The van der Waals surface area contributed by atoms with E-state index in [9.17, 15) is 4.39 Å². The summed E-state index contributed by atoms with van der Waals surface area (Å²) >= 11 is 0. The van der Waals surface area contributed by atoms with Crippen LogP contribution in [0.15, 0.2) is 18.2 Å². The van der Waals surface area contributed by atoms with Crippen LogP contribution in [0.3, 0.4) is 0 Å². The average molecular weight is 261 g/mol. The van der Waals surface area contributed by atoms with Crippen LogP contribution in [0.5, 0.6) is 0 Å². The average Bonchev–Trinajstić information content (AvgIpc) is 2.80. The molecule has 0 saturated heterocycles. The summed E-state index contributed by atoms with van der Waals surface area (Å²) in [7, 11) is 0. The number of rotatable bonds is 2. The molecule has 1 unspecified atom stereocenters. The van der Waals surface area contributed by atoms with Crippen LogP contribution in [0.1, 0.15) is 45.6 Å². The molecule has 2 saturated carbocycles. The molecule has 104 valence electrons. The number of hydrogen-bond donors (Lipinski definition) is 1. The lowest BCUT2D eigenvalue weighted by Crippen LogP contribution is -2.45. The van der Waals surface area contributed by atoms with Crippen molar-refractivity contribution >= 4 is 5.69 Å². The maximum absolute atomic E-state index is 14.0. The van der Waals surface area contributed by atoms with Crippen LogP contribution in [-0.2, 0) is 0 Å². The largest absolute Gasteiger partial charge is 0.379 e. The second-order valence-electron chi connectivity index (χ2n) is 7.48. The minimum Gasteiger partial charge on any atom is -0.379 e. The molecule has 0 amide bonds. The van der Waals surface area contributed by atoms with E-state index in [1.54, 1.807) is 6.07 Å². The van der Waals surface area contributed by atoms with Crippen LogP contribution >= 0.6 is 0 Å². The number of benzene rings is 1. The quantitative estimate of drug-likeness (QED) is 0.809. The fourth-order valence-electron chi connectivity index (χ4n) is 4.57. The van der Waals surface area contributed by atoms with Crippen molar-refractivity contribution in [3.8, 4) is 0 Å². The van der Waals surface area contributed by atoms with Gasteiger partial charge in [-0.05, 0) is 60.6 Å². The van der Waals surface area contributed by atoms with Crippen LogP contribution in [0.4, 0.5) is 10.1 Å². The Balaban J connectivity index is 1.92. The van der Waals surface area contributed by atoms with E-state index in [0.29, 0.717) is 17.1 Å². The number of aryl methyl sites for hydroxylation is 1. The van der Waals surface area contributed by atoms with Gasteiger partial charge in [-0.3, -0.25) is 0 Å². The molecule has 2 bridgehead atoms. The normalized spacial score (nSPS) is 35.6. The smallest absolute Gasteiger partial charge is 0.146 e. The molecule has 0 spiro atoms.